The molecule has 0 bridgehead atoms. The second-order valence-corrected chi connectivity index (χ2v) is 34.8. The minimum atomic E-state index is -8.99. The molecule has 0 aliphatic carbocycles. The van der Waals surface area contributed by atoms with Crippen molar-refractivity contribution >= 4 is 38.4 Å². The maximum absolute atomic E-state index is 16.5. The topological polar surface area (TPSA) is 27.7 Å². The molecule has 0 saturated heterocycles. The van der Waals surface area contributed by atoms with Crippen LogP contribution in [0.25, 0.3) is 0 Å². The van der Waals surface area contributed by atoms with Crippen molar-refractivity contribution in [3.8, 4) is 0 Å². The van der Waals surface area contributed by atoms with Crippen molar-refractivity contribution in [3.63, 3.8) is 0 Å². The molecule has 0 saturated carbocycles. The van der Waals surface area contributed by atoms with Crippen molar-refractivity contribution < 1.29 is 60.2 Å². The molecule has 0 rings (SSSR count). The third-order valence-corrected chi connectivity index (χ3v) is 39.4. The summed E-state index contributed by atoms with van der Waals surface area (Å²) in [5.41, 5.74) is 0. The van der Waals surface area contributed by atoms with Gasteiger partial charge in [-0.05, 0) is 0 Å². The normalized spacial score (nSPS) is 18.0. The van der Waals surface area contributed by atoms with Crippen LogP contribution in [0.15, 0.2) is 0 Å². The summed E-state index contributed by atoms with van der Waals surface area (Å²) in [6.45, 7) is 4.92. The summed E-state index contributed by atoms with van der Waals surface area (Å²) in [4.78, 5) is 0. The fourth-order valence-electron chi connectivity index (χ4n) is 6.12. The zero-order valence-electron chi connectivity index (χ0n) is 32.6. The van der Waals surface area contributed by atoms with Crippen molar-refractivity contribution in [2.75, 3.05) is 13.2 Å². The Hall–Kier alpha value is 0.637. The average Bonchev–Trinajstić information content (AvgIpc) is 3.13. The molecule has 3 nitrogen and oxygen atoms in total. The van der Waals surface area contributed by atoms with Gasteiger partial charge in [0.05, 0.1) is 0 Å². The average molecular weight is 1010 g/mol. The number of alkyl halides is 12. The van der Waals surface area contributed by atoms with E-state index in [2.05, 4.69) is 0 Å². The van der Waals surface area contributed by atoms with Gasteiger partial charge in [0, 0.05) is 0 Å². The monoisotopic (exact) mass is 1010 g/mol. The molecule has 0 aliphatic heterocycles. The van der Waals surface area contributed by atoms with E-state index in [1.54, 1.807) is 0 Å². The Morgan fingerprint density at radius 2 is 0.566 bits per heavy atom. The van der Waals surface area contributed by atoms with Crippen LogP contribution in [0.4, 0.5) is 52.7 Å². The van der Waals surface area contributed by atoms with Crippen molar-refractivity contribution in [3.05, 3.63) is 0 Å². The van der Waals surface area contributed by atoms with E-state index in [0.717, 1.165) is 79.1 Å². The Morgan fingerprint density at radius 1 is 0.358 bits per heavy atom. The van der Waals surface area contributed by atoms with Gasteiger partial charge in [-0.25, -0.2) is 0 Å². The van der Waals surface area contributed by atoms with Crippen LogP contribution < -0.4 is 0 Å². The predicted molar refractivity (Wildman–Crippen MR) is 190 cm³/mol. The summed E-state index contributed by atoms with van der Waals surface area (Å²) in [6, 6.07) is 0. The van der Waals surface area contributed by atoms with Gasteiger partial charge in [-0.15, -0.1) is 0 Å². The Labute approximate surface area is 320 Å². The molecular weight excluding hydrogens is 946 g/mol. The number of unbranched alkanes of at least 4 members (excludes halogenated alkanes) is 14. The van der Waals surface area contributed by atoms with Gasteiger partial charge in [0.1, 0.15) is 0 Å². The Kier molecular flexibility index (Phi) is 26.2. The van der Waals surface area contributed by atoms with E-state index in [4.69, 9.17) is 7.56 Å². The molecule has 4 atom stereocenters. The molecular formula is C36H66F12O3Sn2. The number of hydrogen-bond donors (Lipinski definition) is 0. The van der Waals surface area contributed by atoms with Crippen molar-refractivity contribution in [1.82, 2.24) is 0 Å². The summed E-state index contributed by atoms with van der Waals surface area (Å²) >= 11 is -18.0. The second kappa shape index (κ2) is 25.9. The molecule has 0 radical (unpaired) electrons. The summed E-state index contributed by atoms with van der Waals surface area (Å²) < 4.78 is 186. The van der Waals surface area contributed by atoms with E-state index in [-0.39, 0.29) is 25.7 Å². The van der Waals surface area contributed by atoms with Gasteiger partial charge in [0.15, 0.2) is 0 Å². The summed E-state index contributed by atoms with van der Waals surface area (Å²) in [5, 5.41) is 0. The van der Waals surface area contributed by atoms with Crippen LogP contribution in [0.1, 0.15) is 170 Å². The molecule has 4 unspecified atom stereocenters. The summed E-state index contributed by atoms with van der Waals surface area (Å²) in [5.74, 6) is 0. The van der Waals surface area contributed by atoms with Crippen LogP contribution in [-0.2, 0) is 7.56 Å². The van der Waals surface area contributed by atoms with Crippen molar-refractivity contribution in [2.24, 2.45) is 0 Å². The molecule has 0 aromatic rings. The van der Waals surface area contributed by atoms with Gasteiger partial charge < -0.3 is 0 Å². The third-order valence-electron chi connectivity index (χ3n) is 9.66. The van der Waals surface area contributed by atoms with E-state index in [9.17, 15) is 0 Å². The van der Waals surface area contributed by atoms with E-state index in [1.165, 1.54) is 0 Å². The van der Waals surface area contributed by atoms with Gasteiger partial charge in [0.2, 0.25) is 0 Å². The van der Waals surface area contributed by atoms with E-state index in [1.807, 2.05) is 13.8 Å². The van der Waals surface area contributed by atoms with Gasteiger partial charge in [-0.3, -0.25) is 0 Å². The standard InChI is InChI=1S/2C10H21O.4C4H6F3.O.2Sn/c2*1-2-3-4-5-6-7-8-9-10-11;4*1-2-3(5)4(6)7;;;/h2*2-10H2,1H3;4*3H,2H2,1H3;;;/q2*-1;;;;;;2*+1. The van der Waals surface area contributed by atoms with E-state index >= 15 is 52.7 Å². The third kappa shape index (κ3) is 13.9. The van der Waals surface area contributed by atoms with E-state index < -0.39 is 118 Å². The van der Waals surface area contributed by atoms with Crippen LogP contribution >= 0.6 is 0 Å². The number of halogens is 12. The fourth-order valence-corrected chi connectivity index (χ4v) is 43.8. The maximum atomic E-state index is 16.5. The fraction of sp³-hybridized carbons (Fsp3) is 1.00. The summed E-state index contributed by atoms with van der Waals surface area (Å²) in [6.07, 6.45) is -10.3. The van der Waals surface area contributed by atoms with E-state index in [0.29, 0.717) is 25.7 Å². The molecule has 0 aliphatic rings. The molecule has 0 aromatic heterocycles. The first-order valence-corrected chi connectivity index (χ1v) is 30.2. The van der Waals surface area contributed by atoms with Crippen LogP contribution in [0.5, 0.6) is 0 Å². The molecule has 0 fully saturated rings. The molecule has 0 spiro atoms. The molecule has 320 valence electrons. The first-order chi connectivity index (χ1) is 24.8. The number of rotatable bonds is 34. The molecule has 0 aromatic carbocycles. The zero-order valence-corrected chi connectivity index (χ0v) is 38.3. The molecule has 53 heavy (non-hydrogen) atoms. The van der Waals surface area contributed by atoms with Crippen LogP contribution in [-0.4, -0.2) is 92.1 Å². The quantitative estimate of drug-likeness (QED) is 0.0365. The summed E-state index contributed by atoms with van der Waals surface area (Å²) in [7, 11) is 0. The van der Waals surface area contributed by atoms with Crippen LogP contribution in [0.2, 0.25) is 0 Å². The Morgan fingerprint density at radius 3 is 0.774 bits per heavy atom. The van der Waals surface area contributed by atoms with Crippen LogP contribution in [0.3, 0.4) is 0 Å². The molecule has 0 N–H and O–H groups in total. The number of hydrogen-bond acceptors (Lipinski definition) is 3. The molecule has 0 heterocycles. The first-order valence-electron chi connectivity index (χ1n) is 19.8. The zero-order chi connectivity index (χ0) is 41.0. The Bertz CT molecular complexity index is 835. The second-order valence-electron chi connectivity index (χ2n) is 14.0. The predicted octanol–water partition coefficient (Wildman–Crippen LogP) is 13.9. The Balaban J connectivity index is 7.53. The van der Waals surface area contributed by atoms with Gasteiger partial charge in [-0.1, -0.05) is 0 Å². The van der Waals surface area contributed by atoms with Crippen molar-refractivity contribution in [2.45, 2.75) is 210 Å². The van der Waals surface area contributed by atoms with Gasteiger partial charge in [-0.2, -0.15) is 0 Å². The van der Waals surface area contributed by atoms with Gasteiger partial charge in [0.25, 0.3) is 0 Å². The van der Waals surface area contributed by atoms with Crippen molar-refractivity contribution in [1.29, 1.82) is 0 Å². The SMILES string of the molecule is CCCCCCCCCC[O][Sn]([O][Sn]([O]CCCCCCCCCC)([C](F)(F)C(F)CC)[C](F)(F)C(F)CC)([C](F)(F)C(F)CC)[C](F)(F)C(F)CC. The first kappa shape index (κ1) is 53.6. The molecule has 17 heteroatoms. The van der Waals surface area contributed by atoms with Gasteiger partial charge >= 0.3 is 322 Å². The molecule has 0 amide bonds. The van der Waals surface area contributed by atoms with Crippen LogP contribution in [0, 0.1) is 0 Å². The minimum absolute atomic E-state index is 0.172.